The first kappa shape index (κ1) is 16.2. The topological polar surface area (TPSA) is 67.2 Å². The molecule has 6 heteroatoms. The van der Waals surface area contributed by atoms with Crippen LogP contribution in [0.5, 0.6) is 0 Å². The summed E-state index contributed by atoms with van der Waals surface area (Å²) in [5.41, 5.74) is 0.546. The molecular formula is C15H22BrN3O2. The highest BCUT2D eigenvalue weighted by atomic mass is 79.9. The molecule has 116 valence electrons. The molecule has 1 heterocycles. The molecule has 2 N–H and O–H groups in total. The van der Waals surface area contributed by atoms with Crippen molar-refractivity contribution >= 4 is 21.6 Å². The van der Waals surface area contributed by atoms with Gasteiger partial charge in [-0.25, -0.2) is 4.68 Å². The van der Waals surface area contributed by atoms with Crippen LogP contribution in [-0.4, -0.2) is 28.0 Å². The largest absolute Gasteiger partial charge is 0.396 e. The van der Waals surface area contributed by atoms with Crippen molar-refractivity contribution in [3.8, 4) is 0 Å². The number of hydrogen-bond acceptors (Lipinski definition) is 4. The predicted octanol–water partition coefficient (Wildman–Crippen LogP) is 2.40. The third kappa shape index (κ3) is 3.95. The lowest BCUT2D eigenvalue weighted by molar-refractivity contribution is 0.141. The van der Waals surface area contributed by atoms with Gasteiger partial charge in [0, 0.05) is 13.2 Å². The lowest BCUT2D eigenvalue weighted by Gasteiger charge is -2.30. The van der Waals surface area contributed by atoms with Crippen LogP contribution >= 0.6 is 15.9 Å². The quantitative estimate of drug-likeness (QED) is 0.769. The third-order valence-corrected chi connectivity index (χ3v) is 4.91. The van der Waals surface area contributed by atoms with Crippen molar-refractivity contribution in [2.24, 2.45) is 11.8 Å². The zero-order valence-electron chi connectivity index (χ0n) is 12.1. The molecule has 21 heavy (non-hydrogen) atoms. The molecular weight excluding hydrogens is 334 g/mol. The summed E-state index contributed by atoms with van der Waals surface area (Å²) in [6.07, 6.45) is 7.92. The van der Waals surface area contributed by atoms with Crippen molar-refractivity contribution in [3.05, 3.63) is 33.7 Å². The molecule has 2 unspecified atom stereocenters. The van der Waals surface area contributed by atoms with Crippen LogP contribution in [0.15, 0.2) is 28.1 Å². The Bertz CT molecular complexity index is 544. The highest BCUT2D eigenvalue weighted by Crippen LogP contribution is 2.30. The number of anilines is 1. The van der Waals surface area contributed by atoms with Crippen molar-refractivity contribution in [2.75, 3.05) is 18.5 Å². The number of rotatable bonds is 6. The maximum absolute atomic E-state index is 12.1. The molecule has 1 saturated carbocycles. The SMILES string of the molecule is C=CCn1ncc(NCC2CCCCC2CO)c(Br)c1=O. The molecule has 1 aliphatic carbocycles. The Morgan fingerprint density at radius 2 is 2.19 bits per heavy atom. The fraction of sp³-hybridized carbons (Fsp3) is 0.600. The maximum Gasteiger partial charge on any atom is 0.283 e. The number of nitrogens with one attached hydrogen (secondary N) is 1. The molecule has 0 amide bonds. The summed E-state index contributed by atoms with van der Waals surface area (Å²) in [6, 6.07) is 0. The van der Waals surface area contributed by atoms with E-state index in [2.05, 4.69) is 32.9 Å². The minimum absolute atomic E-state index is 0.165. The van der Waals surface area contributed by atoms with E-state index in [1.165, 1.54) is 17.5 Å². The highest BCUT2D eigenvalue weighted by Gasteiger charge is 2.24. The zero-order valence-corrected chi connectivity index (χ0v) is 13.7. The van der Waals surface area contributed by atoms with Crippen molar-refractivity contribution in [1.29, 1.82) is 0 Å². The molecule has 0 spiro atoms. The second kappa shape index (κ2) is 7.75. The lowest BCUT2D eigenvalue weighted by Crippen LogP contribution is -2.30. The standard InChI is InChI=1S/C15H22BrN3O2/c1-2-7-19-15(21)14(16)13(9-18-19)17-8-11-5-3-4-6-12(11)10-20/h2,9,11-12,17,20H,1,3-8,10H2. The Kier molecular flexibility index (Phi) is 5.99. The summed E-state index contributed by atoms with van der Waals surface area (Å²) in [5.74, 6) is 0.811. The van der Waals surface area contributed by atoms with Crippen molar-refractivity contribution in [1.82, 2.24) is 9.78 Å². The van der Waals surface area contributed by atoms with Gasteiger partial charge in [0.05, 0.1) is 18.4 Å². The van der Waals surface area contributed by atoms with Gasteiger partial charge in [-0.1, -0.05) is 18.9 Å². The van der Waals surface area contributed by atoms with E-state index in [1.807, 2.05) is 0 Å². The highest BCUT2D eigenvalue weighted by molar-refractivity contribution is 9.10. The van der Waals surface area contributed by atoms with Gasteiger partial charge in [-0.2, -0.15) is 5.10 Å². The Morgan fingerprint density at radius 3 is 2.86 bits per heavy atom. The van der Waals surface area contributed by atoms with E-state index < -0.39 is 0 Å². The molecule has 1 fully saturated rings. The minimum atomic E-state index is -0.165. The van der Waals surface area contributed by atoms with Gasteiger partial charge in [-0.05, 0) is 40.6 Å². The molecule has 0 saturated heterocycles. The van der Waals surface area contributed by atoms with Crippen LogP contribution < -0.4 is 10.9 Å². The fourth-order valence-corrected chi connectivity index (χ4v) is 3.32. The average Bonchev–Trinajstić information content (AvgIpc) is 2.51. The number of halogens is 1. The Labute approximate surface area is 133 Å². The van der Waals surface area contributed by atoms with E-state index in [0.29, 0.717) is 28.5 Å². The van der Waals surface area contributed by atoms with Gasteiger partial charge >= 0.3 is 0 Å². The van der Waals surface area contributed by atoms with Gasteiger partial charge in [-0.15, -0.1) is 6.58 Å². The van der Waals surface area contributed by atoms with E-state index >= 15 is 0 Å². The van der Waals surface area contributed by atoms with E-state index in [9.17, 15) is 9.90 Å². The predicted molar refractivity (Wildman–Crippen MR) is 87.4 cm³/mol. The summed E-state index contributed by atoms with van der Waals surface area (Å²) in [5, 5.41) is 16.9. The van der Waals surface area contributed by atoms with Crippen molar-refractivity contribution in [2.45, 2.75) is 32.2 Å². The Hall–Kier alpha value is -1.14. The molecule has 0 aromatic carbocycles. The second-order valence-electron chi connectivity index (χ2n) is 5.52. The third-order valence-electron chi connectivity index (χ3n) is 4.14. The van der Waals surface area contributed by atoms with Gasteiger partial charge in [-0.3, -0.25) is 4.79 Å². The van der Waals surface area contributed by atoms with Crippen LogP contribution in [-0.2, 0) is 6.54 Å². The van der Waals surface area contributed by atoms with E-state index in [-0.39, 0.29) is 12.2 Å². The molecule has 0 aliphatic heterocycles. The molecule has 0 radical (unpaired) electrons. The Balaban J connectivity index is 2.04. The zero-order chi connectivity index (χ0) is 15.2. The minimum Gasteiger partial charge on any atom is -0.396 e. The van der Waals surface area contributed by atoms with Gasteiger partial charge in [0.15, 0.2) is 0 Å². The van der Waals surface area contributed by atoms with Crippen LogP contribution in [0.4, 0.5) is 5.69 Å². The summed E-state index contributed by atoms with van der Waals surface area (Å²) < 4.78 is 1.86. The van der Waals surface area contributed by atoms with Crippen molar-refractivity contribution < 1.29 is 5.11 Å². The first-order valence-electron chi connectivity index (χ1n) is 7.38. The van der Waals surface area contributed by atoms with Crippen LogP contribution in [0, 0.1) is 11.8 Å². The smallest absolute Gasteiger partial charge is 0.283 e. The van der Waals surface area contributed by atoms with Gasteiger partial charge in [0.2, 0.25) is 0 Å². The molecule has 1 aromatic rings. The van der Waals surface area contributed by atoms with Crippen LogP contribution in [0.3, 0.4) is 0 Å². The molecule has 1 aliphatic rings. The first-order valence-corrected chi connectivity index (χ1v) is 8.18. The summed E-state index contributed by atoms with van der Waals surface area (Å²) in [4.78, 5) is 12.1. The summed E-state index contributed by atoms with van der Waals surface area (Å²) >= 11 is 3.34. The number of aromatic nitrogens is 2. The molecule has 5 nitrogen and oxygen atoms in total. The number of allylic oxidation sites excluding steroid dienone is 1. The van der Waals surface area contributed by atoms with Gasteiger partial charge in [0.1, 0.15) is 4.47 Å². The molecule has 2 atom stereocenters. The first-order chi connectivity index (χ1) is 10.2. The van der Waals surface area contributed by atoms with Crippen LogP contribution in [0.1, 0.15) is 25.7 Å². The fourth-order valence-electron chi connectivity index (χ4n) is 2.88. The summed E-state index contributed by atoms with van der Waals surface area (Å²) in [7, 11) is 0. The maximum atomic E-state index is 12.1. The van der Waals surface area contributed by atoms with Crippen LogP contribution in [0.25, 0.3) is 0 Å². The van der Waals surface area contributed by atoms with Gasteiger partial charge < -0.3 is 10.4 Å². The number of hydrogen-bond donors (Lipinski definition) is 2. The molecule has 1 aromatic heterocycles. The van der Waals surface area contributed by atoms with Gasteiger partial charge in [0.25, 0.3) is 5.56 Å². The van der Waals surface area contributed by atoms with E-state index in [4.69, 9.17) is 0 Å². The Morgan fingerprint density at radius 1 is 1.48 bits per heavy atom. The monoisotopic (exact) mass is 355 g/mol. The molecule has 2 rings (SSSR count). The summed E-state index contributed by atoms with van der Waals surface area (Å²) in [6.45, 7) is 5.01. The lowest BCUT2D eigenvalue weighted by atomic mass is 9.79. The van der Waals surface area contributed by atoms with E-state index in [0.717, 1.165) is 19.4 Å². The van der Waals surface area contributed by atoms with Crippen molar-refractivity contribution in [3.63, 3.8) is 0 Å². The number of nitrogens with zero attached hydrogens (tertiary/aromatic N) is 2. The normalized spacial score (nSPS) is 22.0. The average molecular weight is 356 g/mol. The second-order valence-corrected chi connectivity index (χ2v) is 6.31. The van der Waals surface area contributed by atoms with Crippen LogP contribution in [0.2, 0.25) is 0 Å². The number of aliphatic hydroxyl groups excluding tert-OH is 1. The molecule has 0 bridgehead atoms. The number of aliphatic hydroxyl groups is 1. The van der Waals surface area contributed by atoms with E-state index in [1.54, 1.807) is 12.3 Å².